The van der Waals surface area contributed by atoms with E-state index in [-0.39, 0.29) is 29.3 Å². The van der Waals surface area contributed by atoms with Crippen LogP contribution in [0.15, 0.2) is 48.1 Å². The monoisotopic (exact) mass is 450 g/mol. The summed E-state index contributed by atoms with van der Waals surface area (Å²) in [5.74, 6) is 0.0131. The number of hydrogen-bond acceptors (Lipinski definition) is 5. The average molecular weight is 451 g/mol. The number of aliphatic hydroxyl groups excluding tert-OH is 1. The van der Waals surface area contributed by atoms with Crippen LogP contribution in [-0.4, -0.2) is 72.4 Å². The predicted octanol–water partition coefficient (Wildman–Crippen LogP) is 3.60. The van der Waals surface area contributed by atoms with Crippen LogP contribution in [0.5, 0.6) is 0 Å². The molecule has 0 spiro atoms. The molecule has 0 bridgehead atoms. The molecule has 2 aliphatic heterocycles. The first-order chi connectivity index (χ1) is 16.0. The van der Waals surface area contributed by atoms with Crippen molar-refractivity contribution < 1.29 is 14.6 Å². The Balaban J connectivity index is 1.18. The summed E-state index contributed by atoms with van der Waals surface area (Å²) in [5, 5.41) is 11.5. The van der Waals surface area contributed by atoms with Crippen LogP contribution in [0, 0.1) is 23.2 Å². The van der Waals surface area contributed by atoms with Gasteiger partial charge in [0, 0.05) is 57.0 Å². The van der Waals surface area contributed by atoms with Crippen LogP contribution in [0.4, 0.5) is 0 Å². The quantitative estimate of drug-likeness (QED) is 0.549. The molecule has 1 N–H and O–H groups in total. The maximum atomic E-state index is 12.9. The van der Waals surface area contributed by atoms with Crippen LogP contribution < -0.4 is 0 Å². The minimum Gasteiger partial charge on any atom is -0.461 e. The van der Waals surface area contributed by atoms with Gasteiger partial charge in [-0.3, -0.25) is 14.6 Å². The van der Waals surface area contributed by atoms with Gasteiger partial charge in [0.25, 0.3) is 0 Å². The highest BCUT2D eigenvalue weighted by Gasteiger charge is 2.59. The van der Waals surface area contributed by atoms with Gasteiger partial charge in [-0.2, -0.15) is 0 Å². The van der Waals surface area contributed by atoms with Crippen LogP contribution >= 0.6 is 0 Å². The summed E-state index contributed by atoms with van der Waals surface area (Å²) >= 11 is 0. The molecule has 1 saturated carbocycles. The van der Waals surface area contributed by atoms with Gasteiger partial charge in [0.05, 0.1) is 12.0 Å². The van der Waals surface area contributed by atoms with E-state index in [4.69, 9.17) is 4.74 Å². The molecule has 5 rings (SSSR count). The highest BCUT2D eigenvalue weighted by atomic mass is 16.6. The number of benzene rings is 1. The van der Waals surface area contributed by atoms with E-state index in [1.54, 1.807) is 0 Å². The molecule has 6 atom stereocenters. The lowest BCUT2D eigenvalue weighted by Gasteiger charge is -2.52. The molecule has 1 aromatic carbocycles. The van der Waals surface area contributed by atoms with Crippen LogP contribution in [0.2, 0.25) is 0 Å². The smallest absolute Gasteiger partial charge is 0.311 e. The lowest BCUT2D eigenvalue weighted by atomic mass is 9.55. The van der Waals surface area contributed by atoms with Crippen molar-refractivity contribution in [3.05, 3.63) is 53.6 Å². The molecule has 2 aliphatic carbocycles. The van der Waals surface area contributed by atoms with Gasteiger partial charge in [0.15, 0.2) is 0 Å². The molecule has 2 heterocycles. The minimum absolute atomic E-state index is 0.0907. The molecule has 5 heteroatoms. The Hall–Kier alpha value is -1.95. The summed E-state index contributed by atoms with van der Waals surface area (Å²) in [4.78, 5) is 17.8. The highest BCUT2D eigenvalue weighted by molar-refractivity contribution is 5.76. The average Bonchev–Trinajstić information content (AvgIpc) is 3.13. The summed E-state index contributed by atoms with van der Waals surface area (Å²) < 4.78 is 5.85. The number of carbonyl (C=O) groups is 1. The van der Waals surface area contributed by atoms with Crippen molar-refractivity contribution in [2.45, 2.75) is 45.3 Å². The Kier molecular flexibility index (Phi) is 6.47. The number of carbonyl (C=O) groups excluding carboxylic acids is 1. The van der Waals surface area contributed by atoms with Crippen molar-refractivity contribution in [3.63, 3.8) is 0 Å². The third-order valence-corrected chi connectivity index (χ3v) is 8.96. The molecule has 0 radical (unpaired) electrons. The molecule has 4 aliphatic rings. The molecular weight excluding hydrogens is 412 g/mol. The fraction of sp³-hybridized carbons (Fsp3) is 0.607. The van der Waals surface area contributed by atoms with Gasteiger partial charge < -0.3 is 9.84 Å². The fourth-order valence-electron chi connectivity index (χ4n) is 6.61. The van der Waals surface area contributed by atoms with Crippen molar-refractivity contribution >= 4 is 12.0 Å². The second-order valence-corrected chi connectivity index (χ2v) is 10.7. The van der Waals surface area contributed by atoms with E-state index in [9.17, 15) is 9.90 Å². The zero-order valence-corrected chi connectivity index (χ0v) is 20.0. The number of ether oxygens (including phenoxy) is 1. The minimum atomic E-state index is -0.515. The fourth-order valence-corrected chi connectivity index (χ4v) is 6.61. The van der Waals surface area contributed by atoms with Crippen LogP contribution in [0.1, 0.15) is 38.7 Å². The molecule has 0 aromatic heterocycles. The van der Waals surface area contributed by atoms with E-state index >= 15 is 0 Å². The second-order valence-electron chi connectivity index (χ2n) is 10.7. The number of rotatable bonds is 5. The summed E-state index contributed by atoms with van der Waals surface area (Å²) in [7, 11) is 0. The standard InChI is InChI=1S/C28H38N2O3/c1-20-8-6-12-22-18-24-25(26(31)28(20,22)2)23(27(32)33-24)19-30-16-14-29(15-17-30)13-7-11-21-9-4-3-5-10-21/h3-5,7,9-12,20,23-26,31H,6,8,13-19H2,1-2H3/b11-7+/t20-,23-,24+,25+,26-,28+/m0/s1. The number of aliphatic hydroxyl groups is 1. The summed E-state index contributed by atoms with van der Waals surface area (Å²) in [6.45, 7) is 10.0. The third-order valence-electron chi connectivity index (χ3n) is 8.96. The van der Waals surface area contributed by atoms with E-state index in [2.05, 4.69) is 66.1 Å². The largest absolute Gasteiger partial charge is 0.461 e. The number of hydrogen-bond donors (Lipinski definition) is 1. The molecule has 33 heavy (non-hydrogen) atoms. The van der Waals surface area contributed by atoms with Crippen molar-refractivity contribution in [2.24, 2.45) is 23.2 Å². The molecule has 0 unspecified atom stereocenters. The highest BCUT2D eigenvalue weighted by Crippen LogP contribution is 2.56. The summed E-state index contributed by atoms with van der Waals surface area (Å²) in [5.41, 5.74) is 2.31. The Labute approximate surface area is 198 Å². The molecular formula is C28H38N2O3. The van der Waals surface area contributed by atoms with Crippen LogP contribution in [0.25, 0.3) is 6.08 Å². The lowest BCUT2D eigenvalue weighted by Crippen LogP contribution is -2.55. The van der Waals surface area contributed by atoms with E-state index in [0.717, 1.165) is 52.0 Å². The van der Waals surface area contributed by atoms with Crippen molar-refractivity contribution in [3.8, 4) is 0 Å². The summed E-state index contributed by atoms with van der Waals surface area (Å²) in [6.07, 6.45) is 9.01. The van der Waals surface area contributed by atoms with E-state index in [1.165, 1.54) is 11.1 Å². The molecule has 2 saturated heterocycles. The number of fused-ring (bicyclic) bond motifs is 2. The van der Waals surface area contributed by atoms with Gasteiger partial charge in [-0.05, 0) is 24.3 Å². The van der Waals surface area contributed by atoms with E-state index in [0.29, 0.717) is 12.5 Å². The topological polar surface area (TPSA) is 53.0 Å². The number of esters is 1. The van der Waals surface area contributed by atoms with E-state index < -0.39 is 6.10 Å². The number of nitrogens with zero attached hydrogens (tertiary/aromatic N) is 2. The maximum Gasteiger partial charge on any atom is 0.311 e. The Bertz CT molecular complexity index is 905. The molecule has 178 valence electrons. The van der Waals surface area contributed by atoms with Gasteiger partial charge in [-0.25, -0.2) is 0 Å². The Morgan fingerprint density at radius 3 is 2.64 bits per heavy atom. The van der Waals surface area contributed by atoms with Crippen LogP contribution in [0.3, 0.4) is 0 Å². The predicted molar refractivity (Wildman–Crippen MR) is 130 cm³/mol. The first kappa shape index (κ1) is 22.8. The zero-order valence-electron chi connectivity index (χ0n) is 20.0. The van der Waals surface area contributed by atoms with Gasteiger partial charge in [0.2, 0.25) is 0 Å². The van der Waals surface area contributed by atoms with Gasteiger partial charge in [0.1, 0.15) is 6.10 Å². The normalized spacial score (nSPS) is 37.5. The maximum absolute atomic E-state index is 12.9. The van der Waals surface area contributed by atoms with Crippen molar-refractivity contribution in [2.75, 3.05) is 39.3 Å². The third kappa shape index (κ3) is 4.31. The lowest BCUT2D eigenvalue weighted by molar-refractivity contribution is -0.145. The molecule has 1 aromatic rings. The Morgan fingerprint density at radius 1 is 1.15 bits per heavy atom. The number of allylic oxidation sites excluding steroid dienone is 1. The molecule has 0 amide bonds. The molecule has 3 fully saturated rings. The number of piperazine rings is 1. The van der Waals surface area contributed by atoms with Gasteiger partial charge in [-0.1, -0.05) is 68.0 Å². The van der Waals surface area contributed by atoms with Crippen LogP contribution in [-0.2, 0) is 9.53 Å². The SMILES string of the molecule is C[C@H]1CCC=C2C[C@H]3OC(=O)[C@@H](CN4CCN(C/C=C/c5ccccc5)CC4)[C@H]3[C@H](O)[C@@]21C. The Morgan fingerprint density at radius 2 is 1.88 bits per heavy atom. The van der Waals surface area contributed by atoms with E-state index in [1.807, 2.05) is 6.07 Å². The summed E-state index contributed by atoms with van der Waals surface area (Å²) in [6, 6.07) is 10.4. The molecule has 5 nitrogen and oxygen atoms in total. The zero-order chi connectivity index (χ0) is 23.0. The van der Waals surface area contributed by atoms with Gasteiger partial charge >= 0.3 is 5.97 Å². The first-order valence-electron chi connectivity index (χ1n) is 12.7. The van der Waals surface area contributed by atoms with Gasteiger partial charge in [-0.15, -0.1) is 0 Å². The van der Waals surface area contributed by atoms with Crippen molar-refractivity contribution in [1.29, 1.82) is 0 Å². The van der Waals surface area contributed by atoms with Crippen molar-refractivity contribution in [1.82, 2.24) is 9.80 Å². The first-order valence-corrected chi connectivity index (χ1v) is 12.7. The second kappa shape index (κ2) is 9.36.